The topological polar surface area (TPSA) is 51.7 Å². The first-order chi connectivity index (χ1) is 13.7. The van der Waals surface area contributed by atoms with Crippen LogP contribution >= 0.6 is 0 Å². The van der Waals surface area contributed by atoms with Crippen molar-refractivity contribution in [2.45, 2.75) is 58.6 Å². The third-order valence-corrected chi connectivity index (χ3v) is 5.88. The van der Waals surface area contributed by atoms with Gasteiger partial charge in [-0.25, -0.2) is 19.0 Å². The van der Waals surface area contributed by atoms with Gasteiger partial charge in [-0.3, -0.25) is 0 Å². The van der Waals surface area contributed by atoms with Gasteiger partial charge < -0.3 is 14.2 Å². The third kappa shape index (κ3) is 3.93. The summed E-state index contributed by atoms with van der Waals surface area (Å²) in [4.78, 5) is 21.9. The molecule has 1 saturated heterocycles. The molecule has 0 bridgehead atoms. The van der Waals surface area contributed by atoms with E-state index in [0.29, 0.717) is 24.5 Å². The second-order valence-electron chi connectivity index (χ2n) is 9.73. The summed E-state index contributed by atoms with van der Waals surface area (Å²) >= 11 is 0. The summed E-state index contributed by atoms with van der Waals surface area (Å²) in [5, 5.41) is 0. The zero-order chi connectivity index (χ0) is 20.8. The van der Waals surface area contributed by atoms with Crippen molar-refractivity contribution < 1.29 is 13.9 Å². The van der Waals surface area contributed by atoms with Crippen LogP contribution in [0.1, 0.15) is 46.5 Å². The van der Waals surface area contributed by atoms with Crippen molar-refractivity contribution in [1.29, 1.82) is 0 Å². The van der Waals surface area contributed by atoms with Crippen molar-refractivity contribution in [3.05, 3.63) is 35.7 Å². The zero-order valence-electron chi connectivity index (χ0n) is 17.2. The molecule has 2 atom stereocenters. The van der Waals surface area contributed by atoms with Crippen LogP contribution in [0.5, 0.6) is 0 Å². The fourth-order valence-electron chi connectivity index (χ4n) is 4.80. The number of ether oxygens (including phenoxy) is 1. The zero-order valence-corrected chi connectivity index (χ0v) is 17.2. The third-order valence-electron chi connectivity index (χ3n) is 5.88. The van der Waals surface area contributed by atoms with Crippen LogP contribution in [0.4, 0.5) is 14.9 Å². The van der Waals surface area contributed by atoms with Crippen LogP contribution in [-0.4, -0.2) is 39.2 Å². The van der Waals surface area contributed by atoms with Gasteiger partial charge in [-0.1, -0.05) is 20.8 Å². The molecule has 0 unspecified atom stereocenters. The Bertz CT molecular complexity index is 987. The Kier molecular flexibility index (Phi) is 4.76. The van der Waals surface area contributed by atoms with E-state index in [1.165, 1.54) is 6.07 Å². The first-order valence-corrected chi connectivity index (χ1v) is 10.2. The Labute approximate surface area is 170 Å². The quantitative estimate of drug-likeness (QED) is 0.672. The maximum atomic E-state index is 13.9. The van der Waals surface area contributed by atoms with Gasteiger partial charge in [0.15, 0.2) is 0 Å². The van der Waals surface area contributed by atoms with Crippen LogP contribution in [0.3, 0.4) is 0 Å². The molecule has 1 aliphatic heterocycles. The first kappa shape index (κ1) is 19.7. The summed E-state index contributed by atoms with van der Waals surface area (Å²) in [5.74, 6) is -0.198. The average molecular weight is 398 g/mol. The fraction of sp³-hybridized carbons (Fsp3) is 0.591. The number of fused-ring (bicyclic) bond motifs is 1. The molecule has 2 aromatic rings. The molecular formula is C22H27FN4O2. The predicted molar refractivity (Wildman–Crippen MR) is 108 cm³/mol. The van der Waals surface area contributed by atoms with Crippen LogP contribution in [0.25, 0.3) is 15.9 Å². The maximum Gasteiger partial charge on any atom is 0.410 e. The molecular weight excluding hydrogens is 371 g/mol. The minimum Gasteiger partial charge on any atom is -0.441 e. The molecule has 1 aromatic carbocycles. The van der Waals surface area contributed by atoms with E-state index in [9.17, 15) is 9.18 Å². The van der Waals surface area contributed by atoms with Gasteiger partial charge in [0.25, 0.3) is 0 Å². The molecule has 29 heavy (non-hydrogen) atoms. The summed E-state index contributed by atoms with van der Waals surface area (Å²) in [6, 6.07) is 2.90. The summed E-state index contributed by atoms with van der Waals surface area (Å²) in [6.07, 6.45) is 5.28. The molecule has 1 spiro atoms. The Balaban J connectivity index is 1.51. The molecule has 2 aliphatic rings. The number of halogens is 1. The first-order valence-electron chi connectivity index (χ1n) is 10.2. The molecule has 6 nitrogen and oxygen atoms in total. The summed E-state index contributed by atoms with van der Waals surface area (Å²) in [6.45, 7) is 15.6. The highest BCUT2D eigenvalue weighted by Gasteiger charge is 2.48. The lowest BCUT2D eigenvalue weighted by molar-refractivity contribution is 0.00413. The number of nitrogens with zero attached hydrogens (tertiary/aromatic N) is 4. The van der Waals surface area contributed by atoms with Crippen molar-refractivity contribution in [1.82, 2.24) is 14.5 Å². The number of hydrogen-bond acceptors (Lipinski definition) is 3. The Morgan fingerprint density at radius 1 is 1.41 bits per heavy atom. The Morgan fingerprint density at radius 2 is 2.21 bits per heavy atom. The number of hydrogen-bond donors (Lipinski definition) is 0. The Hall–Kier alpha value is -2.62. The van der Waals surface area contributed by atoms with E-state index in [2.05, 4.69) is 30.6 Å². The highest BCUT2D eigenvalue weighted by Crippen LogP contribution is 2.41. The fourth-order valence-corrected chi connectivity index (χ4v) is 4.80. The van der Waals surface area contributed by atoms with Gasteiger partial charge in [0.05, 0.1) is 30.5 Å². The normalized spacial score (nSPS) is 24.9. The second kappa shape index (κ2) is 7.01. The number of amides is 1. The van der Waals surface area contributed by atoms with E-state index in [4.69, 9.17) is 11.3 Å². The number of carbonyl (C=O) groups excluding carboxylic acids is 1. The molecule has 0 N–H and O–H groups in total. The minimum atomic E-state index is -0.536. The van der Waals surface area contributed by atoms with E-state index in [-0.39, 0.29) is 17.2 Å². The largest absolute Gasteiger partial charge is 0.441 e. The maximum absolute atomic E-state index is 13.9. The molecule has 1 aliphatic carbocycles. The Morgan fingerprint density at radius 3 is 2.93 bits per heavy atom. The number of rotatable bonds is 3. The molecule has 1 aromatic heterocycles. The van der Waals surface area contributed by atoms with Gasteiger partial charge in [-0.15, -0.1) is 0 Å². The molecule has 1 amide bonds. The van der Waals surface area contributed by atoms with Crippen LogP contribution in [0.15, 0.2) is 18.5 Å². The minimum absolute atomic E-state index is 0.0157. The van der Waals surface area contributed by atoms with Gasteiger partial charge in [-0.2, -0.15) is 0 Å². The lowest BCUT2D eigenvalue weighted by Crippen LogP contribution is -2.41. The van der Waals surface area contributed by atoms with E-state index in [1.54, 1.807) is 12.4 Å². The van der Waals surface area contributed by atoms with Crippen molar-refractivity contribution in [2.24, 2.45) is 11.3 Å². The van der Waals surface area contributed by atoms with Gasteiger partial charge >= 0.3 is 6.09 Å². The van der Waals surface area contributed by atoms with Crippen molar-refractivity contribution in [3.8, 4) is 0 Å². The molecule has 0 radical (unpaired) electrons. The standard InChI is InChI=1S/C22H27FN4O2/c1-21(2,3)12-27-13-22(29-20(27)28)7-5-6-15(10-22)11-26-14-25-18-8-16(23)17(24-4)9-19(18)26/h8-9,14-15H,5-7,10-13H2,1-3H3/t15-,22-/m0/s1. The average Bonchev–Trinajstić information content (AvgIpc) is 3.13. The smallest absolute Gasteiger partial charge is 0.410 e. The summed E-state index contributed by atoms with van der Waals surface area (Å²) in [5.41, 5.74) is 0.973. The molecule has 2 heterocycles. The van der Waals surface area contributed by atoms with Crippen molar-refractivity contribution in [3.63, 3.8) is 0 Å². The van der Waals surface area contributed by atoms with Crippen LogP contribution in [-0.2, 0) is 11.3 Å². The summed E-state index contributed by atoms with van der Waals surface area (Å²) in [7, 11) is 0. The summed E-state index contributed by atoms with van der Waals surface area (Å²) < 4.78 is 21.8. The number of benzene rings is 1. The predicted octanol–water partition coefficient (Wildman–Crippen LogP) is 5.15. The molecule has 7 heteroatoms. The van der Waals surface area contributed by atoms with E-state index in [1.807, 2.05) is 9.47 Å². The van der Waals surface area contributed by atoms with E-state index in [0.717, 1.165) is 37.7 Å². The number of aromatic nitrogens is 2. The van der Waals surface area contributed by atoms with Crippen molar-refractivity contribution in [2.75, 3.05) is 13.1 Å². The van der Waals surface area contributed by atoms with E-state index >= 15 is 0 Å². The SMILES string of the molecule is [C-]#[N+]c1cc2c(cc1F)ncn2C[C@H]1CCC[C@]2(C1)CN(CC(C)(C)C)C(=O)O2. The van der Waals surface area contributed by atoms with Gasteiger partial charge in [0.1, 0.15) is 11.4 Å². The van der Waals surface area contributed by atoms with Gasteiger partial charge in [0.2, 0.25) is 5.69 Å². The van der Waals surface area contributed by atoms with Crippen LogP contribution in [0, 0.1) is 23.7 Å². The molecule has 154 valence electrons. The molecule has 1 saturated carbocycles. The van der Waals surface area contributed by atoms with Crippen LogP contribution in [0.2, 0.25) is 0 Å². The lowest BCUT2D eigenvalue weighted by Gasteiger charge is -2.36. The second-order valence-corrected chi connectivity index (χ2v) is 9.73. The monoisotopic (exact) mass is 398 g/mol. The van der Waals surface area contributed by atoms with Crippen LogP contribution < -0.4 is 0 Å². The van der Waals surface area contributed by atoms with E-state index < -0.39 is 11.4 Å². The van der Waals surface area contributed by atoms with Gasteiger partial charge in [-0.05, 0) is 49.1 Å². The lowest BCUT2D eigenvalue weighted by atomic mass is 9.77. The number of carbonyl (C=O) groups is 1. The number of imidazole rings is 1. The molecule has 2 fully saturated rings. The highest BCUT2D eigenvalue weighted by atomic mass is 19.1. The van der Waals surface area contributed by atoms with Crippen molar-refractivity contribution >= 4 is 22.8 Å². The van der Waals surface area contributed by atoms with Gasteiger partial charge in [0, 0.05) is 13.1 Å². The molecule has 4 rings (SSSR count). The highest BCUT2D eigenvalue weighted by molar-refractivity contribution is 5.80.